The molecule has 2 nitrogen and oxygen atoms in total. The van der Waals surface area contributed by atoms with Gasteiger partial charge in [0.05, 0.1) is 0 Å². The second kappa shape index (κ2) is 5.72. The van der Waals surface area contributed by atoms with E-state index in [0.29, 0.717) is 6.04 Å². The van der Waals surface area contributed by atoms with Crippen LogP contribution in [0.3, 0.4) is 0 Å². The maximum absolute atomic E-state index is 3.58. The molecule has 1 aromatic carbocycles. The molecular weight excluding hydrogens is 288 g/mol. The molecule has 3 heteroatoms. The quantitative estimate of drug-likeness (QED) is 0.918. The molecule has 1 aliphatic rings. The van der Waals surface area contributed by atoms with Crippen molar-refractivity contribution >= 4 is 15.9 Å². The summed E-state index contributed by atoms with van der Waals surface area (Å²) in [6.45, 7) is 10.2. The first-order valence-corrected chi connectivity index (χ1v) is 7.57. The smallest absolute Gasteiger partial charge is 0.0352 e. The van der Waals surface area contributed by atoms with Crippen LogP contribution in [0.25, 0.3) is 0 Å². The van der Waals surface area contributed by atoms with E-state index in [1.807, 2.05) is 0 Å². The highest BCUT2D eigenvalue weighted by Crippen LogP contribution is 2.32. The molecule has 100 valence electrons. The first kappa shape index (κ1) is 14.0. The van der Waals surface area contributed by atoms with Crippen LogP contribution < -0.4 is 5.32 Å². The Morgan fingerprint density at radius 1 is 1.44 bits per heavy atom. The number of hydrogen-bond acceptors (Lipinski definition) is 2. The SMILES string of the molecule is CCC(c1cccc(Br)c1)N1CCNCC1(C)C. The fourth-order valence-corrected chi connectivity index (χ4v) is 3.34. The Morgan fingerprint density at radius 3 is 2.83 bits per heavy atom. The summed E-state index contributed by atoms with van der Waals surface area (Å²) in [4.78, 5) is 2.64. The van der Waals surface area contributed by atoms with Gasteiger partial charge in [0.1, 0.15) is 0 Å². The number of nitrogens with zero attached hydrogens (tertiary/aromatic N) is 1. The molecule has 18 heavy (non-hydrogen) atoms. The van der Waals surface area contributed by atoms with Crippen molar-refractivity contribution in [3.63, 3.8) is 0 Å². The molecule has 0 aliphatic carbocycles. The summed E-state index contributed by atoms with van der Waals surface area (Å²) in [7, 11) is 0. The molecule has 0 aromatic heterocycles. The average Bonchev–Trinajstić information content (AvgIpc) is 2.32. The van der Waals surface area contributed by atoms with Gasteiger partial charge in [0, 0.05) is 35.7 Å². The van der Waals surface area contributed by atoms with Crippen LogP contribution >= 0.6 is 15.9 Å². The third-order valence-corrected chi connectivity index (χ3v) is 4.35. The Labute approximate surface area is 119 Å². The van der Waals surface area contributed by atoms with E-state index in [0.717, 1.165) is 26.1 Å². The van der Waals surface area contributed by atoms with E-state index < -0.39 is 0 Å². The fraction of sp³-hybridized carbons (Fsp3) is 0.600. The summed E-state index contributed by atoms with van der Waals surface area (Å²) in [5, 5.41) is 3.50. The maximum atomic E-state index is 3.58. The van der Waals surface area contributed by atoms with Gasteiger partial charge in [0.15, 0.2) is 0 Å². The number of hydrogen-bond donors (Lipinski definition) is 1. The van der Waals surface area contributed by atoms with Crippen molar-refractivity contribution in [3.05, 3.63) is 34.3 Å². The van der Waals surface area contributed by atoms with E-state index in [-0.39, 0.29) is 5.54 Å². The van der Waals surface area contributed by atoms with Crippen LogP contribution in [0.1, 0.15) is 38.8 Å². The molecule has 1 unspecified atom stereocenters. The second-order valence-electron chi connectivity index (χ2n) is 5.66. The third-order valence-electron chi connectivity index (χ3n) is 3.86. The summed E-state index contributed by atoms with van der Waals surface area (Å²) in [5.41, 5.74) is 1.64. The lowest BCUT2D eigenvalue weighted by atomic mass is 9.93. The van der Waals surface area contributed by atoms with Gasteiger partial charge in [0.25, 0.3) is 0 Å². The van der Waals surface area contributed by atoms with Crippen LogP contribution in [-0.2, 0) is 0 Å². The van der Waals surface area contributed by atoms with Crippen LogP contribution in [0, 0.1) is 0 Å². The fourth-order valence-electron chi connectivity index (χ4n) is 2.93. The van der Waals surface area contributed by atoms with E-state index in [9.17, 15) is 0 Å². The van der Waals surface area contributed by atoms with Crippen molar-refractivity contribution in [1.29, 1.82) is 0 Å². The minimum Gasteiger partial charge on any atom is -0.314 e. The maximum Gasteiger partial charge on any atom is 0.0352 e. The predicted molar refractivity (Wildman–Crippen MR) is 80.8 cm³/mol. The van der Waals surface area contributed by atoms with Crippen LogP contribution in [-0.4, -0.2) is 30.1 Å². The van der Waals surface area contributed by atoms with Crippen LogP contribution in [0.4, 0.5) is 0 Å². The zero-order chi connectivity index (χ0) is 13.2. The minimum atomic E-state index is 0.223. The second-order valence-corrected chi connectivity index (χ2v) is 6.58. The van der Waals surface area contributed by atoms with Crippen molar-refractivity contribution in [2.45, 2.75) is 38.8 Å². The van der Waals surface area contributed by atoms with Gasteiger partial charge in [-0.1, -0.05) is 35.0 Å². The Hall–Kier alpha value is -0.380. The summed E-state index contributed by atoms with van der Waals surface area (Å²) >= 11 is 3.58. The predicted octanol–water partition coefficient (Wildman–Crippen LogP) is 3.58. The van der Waals surface area contributed by atoms with Gasteiger partial charge in [0.2, 0.25) is 0 Å². The van der Waals surface area contributed by atoms with Crippen molar-refractivity contribution in [1.82, 2.24) is 10.2 Å². The zero-order valence-electron chi connectivity index (χ0n) is 11.5. The van der Waals surface area contributed by atoms with Gasteiger partial charge < -0.3 is 5.32 Å². The lowest BCUT2D eigenvalue weighted by Crippen LogP contribution is -2.58. The van der Waals surface area contributed by atoms with Crippen LogP contribution in [0.15, 0.2) is 28.7 Å². The van der Waals surface area contributed by atoms with Gasteiger partial charge >= 0.3 is 0 Å². The first-order valence-electron chi connectivity index (χ1n) is 6.77. The van der Waals surface area contributed by atoms with Crippen LogP contribution in [0.2, 0.25) is 0 Å². The zero-order valence-corrected chi connectivity index (χ0v) is 13.1. The Balaban J connectivity index is 2.27. The van der Waals surface area contributed by atoms with E-state index in [2.05, 4.69) is 71.2 Å². The summed E-state index contributed by atoms with van der Waals surface area (Å²) < 4.78 is 1.17. The molecule has 0 saturated carbocycles. The van der Waals surface area contributed by atoms with Gasteiger partial charge in [-0.25, -0.2) is 0 Å². The molecular formula is C15H23BrN2. The number of rotatable bonds is 3. The van der Waals surface area contributed by atoms with Crippen molar-refractivity contribution < 1.29 is 0 Å². The molecule has 0 bridgehead atoms. The van der Waals surface area contributed by atoms with E-state index in [1.165, 1.54) is 10.0 Å². The van der Waals surface area contributed by atoms with Crippen molar-refractivity contribution in [3.8, 4) is 0 Å². The Kier molecular flexibility index (Phi) is 4.46. The van der Waals surface area contributed by atoms with E-state index in [4.69, 9.17) is 0 Å². The summed E-state index contributed by atoms with van der Waals surface area (Å²) in [5.74, 6) is 0. The molecule has 1 saturated heterocycles. The molecule has 1 fully saturated rings. The van der Waals surface area contributed by atoms with E-state index >= 15 is 0 Å². The monoisotopic (exact) mass is 310 g/mol. The van der Waals surface area contributed by atoms with Gasteiger partial charge in [-0.2, -0.15) is 0 Å². The number of nitrogens with one attached hydrogen (secondary N) is 1. The highest BCUT2D eigenvalue weighted by molar-refractivity contribution is 9.10. The standard InChI is InChI=1S/C15H23BrN2/c1-4-14(12-6-5-7-13(16)10-12)18-9-8-17-11-15(18,2)3/h5-7,10,14,17H,4,8-9,11H2,1-3H3. The van der Waals surface area contributed by atoms with Gasteiger partial charge in [-0.3, -0.25) is 4.90 Å². The summed E-state index contributed by atoms with van der Waals surface area (Å²) in [6.07, 6.45) is 1.15. The Morgan fingerprint density at radius 2 is 2.22 bits per heavy atom. The lowest BCUT2D eigenvalue weighted by molar-refractivity contribution is 0.0421. The number of piperazine rings is 1. The highest BCUT2D eigenvalue weighted by Gasteiger charge is 2.34. The van der Waals surface area contributed by atoms with Crippen LogP contribution in [0.5, 0.6) is 0 Å². The molecule has 0 radical (unpaired) electrons. The molecule has 1 atom stereocenters. The van der Waals surface area contributed by atoms with Gasteiger partial charge in [-0.05, 0) is 38.0 Å². The number of halogens is 1. The average molecular weight is 311 g/mol. The lowest BCUT2D eigenvalue weighted by Gasteiger charge is -2.47. The molecule has 0 amide bonds. The molecule has 1 N–H and O–H groups in total. The largest absolute Gasteiger partial charge is 0.314 e. The molecule has 1 aromatic rings. The summed E-state index contributed by atoms with van der Waals surface area (Å²) in [6, 6.07) is 9.25. The highest BCUT2D eigenvalue weighted by atomic mass is 79.9. The van der Waals surface area contributed by atoms with Crippen molar-refractivity contribution in [2.24, 2.45) is 0 Å². The third kappa shape index (κ3) is 2.95. The first-order chi connectivity index (χ1) is 8.54. The molecule has 1 aliphatic heterocycles. The molecule has 2 rings (SSSR count). The minimum absolute atomic E-state index is 0.223. The molecule has 0 spiro atoms. The Bertz CT molecular complexity index is 403. The molecule has 1 heterocycles. The van der Waals surface area contributed by atoms with Gasteiger partial charge in [-0.15, -0.1) is 0 Å². The van der Waals surface area contributed by atoms with Crippen molar-refractivity contribution in [2.75, 3.05) is 19.6 Å². The normalized spacial score (nSPS) is 21.8. The topological polar surface area (TPSA) is 15.3 Å². The van der Waals surface area contributed by atoms with E-state index in [1.54, 1.807) is 0 Å². The number of benzene rings is 1.